The van der Waals surface area contributed by atoms with Crippen molar-refractivity contribution < 1.29 is 14.3 Å². The first-order chi connectivity index (χ1) is 12.9. The van der Waals surface area contributed by atoms with Gasteiger partial charge >= 0.3 is 5.97 Å². The van der Waals surface area contributed by atoms with Crippen LogP contribution in [0.1, 0.15) is 6.92 Å². The van der Waals surface area contributed by atoms with Crippen molar-refractivity contribution in [3.05, 3.63) is 48.5 Å². The molecule has 1 heterocycles. The van der Waals surface area contributed by atoms with Gasteiger partial charge in [0.1, 0.15) is 12.1 Å². The molecule has 0 bridgehead atoms. The van der Waals surface area contributed by atoms with Crippen LogP contribution < -0.4 is 10.2 Å². The summed E-state index contributed by atoms with van der Waals surface area (Å²) in [6.45, 7) is 1.41. The fraction of sp³-hybridized carbons (Fsp3) is 0.263. The smallest absolute Gasteiger partial charge is 0.328 e. The zero-order valence-corrected chi connectivity index (χ0v) is 15.4. The third-order valence-corrected chi connectivity index (χ3v) is 4.03. The second-order valence-electron chi connectivity index (χ2n) is 6.30. The molecule has 3 aromatic rings. The van der Waals surface area contributed by atoms with E-state index in [0.29, 0.717) is 11.2 Å². The highest BCUT2D eigenvalue weighted by Gasteiger charge is 2.19. The monoisotopic (exact) mass is 367 g/mol. The number of carbonyl (C=O) groups excluding carboxylic acids is 2. The Morgan fingerprint density at radius 3 is 2.56 bits per heavy atom. The number of aromatic nitrogens is 3. The van der Waals surface area contributed by atoms with Crippen molar-refractivity contribution in [1.29, 1.82) is 0 Å². The van der Waals surface area contributed by atoms with Crippen molar-refractivity contribution in [3.8, 4) is 0 Å². The van der Waals surface area contributed by atoms with E-state index in [4.69, 9.17) is 4.74 Å². The molecule has 2 aromatic carbocycles. The van der Waals surface area contributed by atoms with Gasteiger partial charge in [0.2, 0.25) is 0 Å². The lowest BCUT2D eigenvalue weighted by atomic mass is 10.2. The van der Waals surface area contributed by atoms with Gasteiger partial charge in [-0.05, 0) is 43.3 Å². The second kappa shape index (κ2) is 7.86. The Kier molecular flexibility index (Phi) is 5.35. The van der Waals surface area contributed by atoms with Crippen LogP contribution in [0.4, 0.5) is 11.4 Å². The standard InChI is InChI=1S/C19H21N5O3/c1-13(19(26)20-14-8-10-15(11-9-14)23(2)3)27-18(25)12-24-17-7-5-4-6-16(17)21-22-24/h4-11,13H,12H2,1-3H3,(H,20,26). The first-order valence-corrected chi connectivity index (χ1v) is 8.50. The lowest BCUT2D eigenvalue weighted by Crippen LogP contribution is -2.31. The third-order valence-electron chi connectivity index (χ3n) is 4.03. The van der Waals surface area contributed by atoms with Gasteiger partial charge in [-0.2, -0.15) is 0 Å². The van der Waals surface area contributed by atoms with Crippen LogP contribution in [0, 0.1) is 0 Å². The zero-order chi connectivity index (χ0) is 19.4. The van der Waals surface area contributed by atoms with Gasteiger partial charge in [-0.25, -0.2) is 4.68 Å². The van der Waals surface area contributed by atoms with Crippen LogP contribution in [0.5, 0.6) is 0 Å². The van der Waals surface area contributed by atoms with E-state index in [-0.39, 0.29) is 6.54 Å². The van der Waals surface area contributed by atoms with Gasteiger partial charge in [-0.3, -0.25) is 9.59 Å². The van der Waals surface area contributed by atoms with Gasteiger partial charge in [-0.1, -0.05) is 17.3 Å². The third kappa shape index (κ3) is 4.41. The van der Waals surface area contributed by atoms with E-state index in [0.717, 1.165) is 11.2 Å². The number of hydrogen-bond donors (Lipinski definition) is 1. The topological polar surface area (TPSA) is 89.4 Å². The largest absolute Gasteiger partial charge is 0.451 e. The maximum atomic E-state index is 12.2. The Morgan fingerprint density at radius 2 is 1.85 bits per heavy atom. The average Bonchev–Trinajstić information content (AvgIpc) is 3.05. The maximum absolute atomic E-state index is 12.2. The normalized spacial score (nSPS) is 11.8. The molecule has 8 nitrogen and oxygen atoms in total. The van der Waals surface area contributed by atoms with E-state index < -0.39 is 18.0 Å². The Bertz CT molecular complexity index is 949. The minimum absolute atomic E-state index is 0.115. The van der Waals surface area contributed by atoms with Crippen molar-refractivity contribution >= 4 is 34.3 Å². The number of benzene rings is 2. The second-order valence-corrected chi connectivity index (χ2v) is 6.30. The fourth-order valence-corrected chi connectivity index (χ4v) is 2.53. The molecule has 0 spiro atoms. The summed E-state index contributed by atoms with van der Waals surface area (Å²) in [6, 6.07) is 14.7. The number of carbonyl (C=O) groups is 2. The highest BCUT2D eigenvalue weighted by Crippen LogP contribution is 2.16. The van der Waals surface area contributed by atoms with Crippen molar-refractivity contribution in [2.75, 3.05) is 24.3 Å². The molecule has 27 heavy (non-hydrogen) atoms. The van der Waals surface area contributed by atoms with Crippen molar-refractivity contribution in [3.63, 3.8) is 0 Å². The molecule has 1 N–H and O–H groups in total. The number of nitrogens with zero attached hydrogens (tertiary/aromatic N) is 4. The molecule has 0 saturated carbocycles. The SMILES string of the molecule is CC(OC(=O)Cn1nnc2ccccc21)C(=O)Nc1ccc(N(C)C)cc1. The average molecular weight is 367 g/mol. The predicted molar refractivity (Wildman–Crippen MR) is 102 cm³/mol. The number of nitrogens with one attached hydrogen (secondary N) is 1. The lowest BCUT2D eigenvalue weighted by molar-refractivity contribution is -0.153. The van der Waals surface area contributed by atoms with Gasteiger partial charge in [0, 0.05) is 25.5 Å². The van der Waals surface area contributed by atoms with Crippen molar-refractivity contribution in [2.24, 2.45) is 0 Å². The molecule has 0 aliphatic carbocycles. The summed E-state index contributed by atoms with van der Waals surface area (Å²) in [6.07, 6.45) is -0.930. The maximum Gasteiger partial charge on any atom is 0.328 e. The Labute approximate surface area is 156 Å². The number of amides is 1. The van der Waals surface area contributed by atoms with Crippen molar-refractivity contribution in [1.82, 2.24) is 15.0 Å². The molecule has 140 valence electrons. The summed E-state index contributed by atoms with van der Waals surface area (Å²) in [5, 5.41) is 10.7. The lowest BCUT2D eigenvalue weighted by Gasteiger charge is -2.15. The van der Waals surface area contributed by atoms with Gasteiger partial charge in [0.15, 0.2) is 6.10 Å². The number of ether oxygens (including phenoxy) is 1. The molecule has 1 amide bonds. The molecular weight excluding hydrogens is 346 g/mol. The first kappa shape index (κ1) is 18.4. The summed E-state index contributed by atoms with van der Waals surface area (Å²) < 4.78 is 6.67. The molecule has 0 saturated heterocycles. The van der Waals surface area contributed by atoms with Crippen molar-refractivity contribution in [2.45, 2.75) is 19.6 Å². The van der Waals surface area contributed by atoms with Crippen LogP contribution >= 0.6 is 0 Å². The van der Waals surface area contributed by atoms with Crippen LogP contribution in [0.2, 0.25) is 0 Å². The van der Waals surface area contributed by atoms with E-state index in [2.05, 4.69) is 15.6 Å². The van der Waals surface area contributed by atoms with E-state index >= 15 is 0 Å². The minimum Gasteiger partial charge on any atom is -0.451 e. The Morgan fingerprint density at radius 1 is 1.15 bits per heavy atom. The first-order valence-electron chi connectivity index (χ1n) is 8.50. The summed E-state index contributed by atoms with van der Waals surface area (Å²) in [5.41, 5.74) is 3.08. The number of hydrogen-bond acceptors (Lipinski definition) is 6. The molecule has 1 unspecified atom stereocenters. The van der Waals surface area contributed by atoms with Gasteiger partial charge < -0.3 is 15.0 Å². The number of para-hydroxylation sites is 1. The van der Waals surface area contributed by atoms with Crippen LogP contribution in [0.3, 0.4) is 0 Å². The van der Waals surface area contributed by atoms with E-state index in [1.807, 2.05) is 55.4 Å². The predicted octanol–water partition coefficient (Wildman–Crippen LogP) is 2.07. The fourth-order valence-electron chi connectivity index (χ4n) is 2.53. The summed E-state index contributed by atoms with van der Waals surface area (Å²) in [5.74, 6) is -0.958. The number of anilines is 2. The Balaban J connectivity index is 1.56. The highest BCUT2D eigenvalue weighted by molar-refractivity contribution is 5.95. The van der Waals surface area contributed by atoms with Crippen LogP contribution in [0.25, 0.3) is 11.0 Å². The van der Waals surface area contributed by atoms with E-state index in [1.165, 1.54) is 11.6 Å². The van der Waals surface area contributed by atoms with Crippen LogP contribution in [-0.2, 0) is 20.9 Å². The van der Waals surface area contributed by atoms with E-state index in [9.17, 15) is 9.59 Å². The zero-order valence-electron chi connectivity index (χ0n) is 15.4. The van der Waals surface area contributed by atoms with E-state index in [1.54, 1.807) is 12.1 Å². The summed E-state index contributed by atoms with van der Waals surface area (Å²) in [4.78, 5) is 26.4. The number of esters is 1. The van der Waals surface area contributed by atoms with Gasteiger partial charge in [-0.15, -0.1) is 5.10 Å². The number of fused-ring (bicyclic) bond motifs is 1. The summed E-state index contributed by atoms with van der Waals surface area (Å²) >= 11 is 0. The van der Waals surface area contributed by atoms with Gasteiger partial charge in [0.05, 0.1) is 5.52 Å². The molecule has 0 aliphatic heterocycles. The highest BCUT2D eigenvalue weighted by atomic mass is 16.5. The summed E-state index contributed by atoms with van der Waals surface area (Å²) in [7, 11) is 3.88. The molecule has 1 aromatic heterocycles. The molecule has 0 aliphatic rings. The Hall–Kier alpha value is -3.42. The molecule has 0 fully saturated rings. The minimum atomic E-state index is -0.930. The number of rotatable bonds is 6. The van der Waals surface area contributed by atoms with Crippen LogP contribution in [-0.4, -0.2) is 47.1 Å². The molecular formula is C19H21N5O3. The quantitative estimate of drug-likeness (QED) is 0.671. The molecule has 1 atom stereocenters. The molecule has 3 rings (SSSR count). The molecule has 8 heteroatoms. The molecule has 0 radical (unpaired) electrons. The van der Waals surface area contributed by atoms with Gasteiger partial charge in [0.25, 0.3) is 5.91 Å². The van der Waals surface area contributed by atoms with Crippen LogP contribution in [0.15, 0.2) is 48.5 Å².